The Morgan fingerprint density at radius 2 is 1.93 bits per heavy atom. The number of aliphatic hydroxyl groups excluding tert-OH is 1. The zero-order valence-electron chi connectivity index (χ0n) is 15.2. The van der Waals surface area contributed by atoms with Crippen LogP contribution in [0.15, 0.2) is 46.0 Å². The summed E-state index contributed by atoms with van der Waals surface area (Å²) in [5.74, 6) is 0.324. The van der Waals surface area contributed by atoms with E-state index in [0.29, 0.717) is 5.75 Å². The molecule has 0 spiro atoms. The predicted octanol–water partition coefficient (Wildman–Crippen LogP) is 4.00. The molecule has 5 nitrogen and oxygen atoms in total. The maximum absolute atomic E-state index is 12.7. The maximum atomic E-state index is 12.7. The molecule has 0 amide bonds. The first-order valence-corrected chi connectivity index (χ1v) is 11.5. The second kappa shape index (κ2) is 8.12. The van der Waals surface area contributed by atoms with Crippen LogP contribution < -0.4 is 9.46 Å². The van der Waals surface area contributed by atoms with E-state index in [1.165, 1.54) is 29.8 Å². The van der Waals surface area contributed by atoms with Gasteiger partial charge in [-0.05, 0) is 71.6 Å². The number of sulfonamides is 1. The van der Waals surface area contributed by atoms with Crippen LogP contribution >= 0.6 is 22.7 Å². The Bertz CT molecular complexity index is 1020. The zero-order chi connectivity index (χ0) is 19.6. The zero-order valence-corrected chi connectivity index (χ0v) is 17.7. The number of thiophene rings is 2. The van der Waals surface area contributed by atoms with Gasteiger partial charge in [0.25, 0.3) is 0 Å². The van der Waals surface area contributed by atoms with E-state index >= 15 is 0 Å². The molecule has 0 bridgehead atoms. The van der Waals surface area contributed by atoms with Gasteiger partial charge in [-0.2, -0.15) is 11.3 Å². The van der Waals surface area contributed by atoms with E-state index in [2.05, 4.69) is 4.72 Å². The molecule has 144 valence electrons. The second-order valence-corrected chi connectivity index (χ2v) is 9.89. The molecule has 3 aromatic rings. The Hall–Kier alpha value is -1.71. The molecule has 1 atom stereocenters. The van der Waals surface area contributed by atoms with Gasteiger partial charge >= 0.3 is 0 Å². The minimum Gasteiger partial charge on any atom is -0.495 e. The summed E-state index contributed by atoms with van der Waals surface area (Å²) in [6.07, 6.45) is -0.688. The first-order chi connectivity index (χ1) is 12.8. The normalized spacial score (nSPS) is 12.9. The molecule has 0 aliphatic heterocycles. The largest absolute Gasteiger partial charge is 0.495 e. The van der Waals surface area contributed by atoms with Gasteiger partial charge in [-0.25, -0.2) is 13.1 Å². The molecule has 8 heteroatoms. The minimum absolute atomic E-state index is 0.128. The van der Waals surface area contributed by atoms with Gasteiger partial charge in [0.1, 0.15) is 16.7 Å². The van der Waals surface area contributed by atoms with E-state index < -0.39 is 16.1 Å². The van der Waals surface area contributed by atoms with E-state index in [1.807, 2.05) is 42.8 Å². The van der Waals surface area contributed by atoms with Gasteiger partial charge in [-0.15, -0.1) is 11.3 Å². The SMILES string of the molecule is COc1cc(C)c(C)cc1S(=O)(=O)NCc1ccc(C(O)c2ccsc2)s1. The highest BCUT2D eigenvalue weighted by Gasteiger charge is 2.21. The van der Waals surface area contributed by atoms with Crippen LogP contribution in [0.25, 0.3) is 0 Å². The standard InChI is InChI=1S/C19H21NO4S3/c1-12-8-16(24-3)18(9-13(12)2)27(22,23)20-10-15-4-5-17(26-15)19(21)14-6-7-25-11-14/h4-9,11,19-21H,10H2,1-3H3. The van der Waals surface area contributed by atoms with Gasteiger partial charge in [-0.3, -0.25) is 0 Å². The average molecular weight is 424 g/mol. The highest BCUT2D eigenvalue weighted by atomic mass is 32.2. The summed E-state index contributed by atoms with van der Waals surface area (Å²) >= 11 is 2.91. The van der Waals surface area contributed by atoms with Crippen molar-refractivity contribution in [1.29, 1.82) is 0 Å². The molecule has 0 fully saturated rings. The van der Waals surface area contributed by atoms with E-state index in [-0.39, 0.29) is 11.4 Å². The van der Waals surface area contributed by atoms with Crippen LogP contribution in [-0.2, 0) is 16.6 Å². The summed E-state index contributed by atoms with van der Waals surface area (Å²) in [5.41, 5.74) is 2.69. The summed E-state index contributed by atoms with van der Waals surface area (Å²) in [6, 6.07) is 8.88. The number of methoxy groups -OCH3 is 1. The number of ether oxygens (including phenoxy) is 1. The molecule has 2 heterocycles. The third-order valence-electron chi connectivity index (χ3n) is 4.32. The van der Waals surface area contributed by atoms with Gasteiger partial charge < -0.3 is 9.84 Å². The monoisotopic (exact) mass is 423 g/mol. The van der Waals surface area contributed by atoms with Crippen LogP contribution in [0.2, 0.25) is 0 Å². The fraction of sp³-hybridized carbons (Fsp3) is 0.263. The van der Waals surface area contributed by atoms with Crippen LogP contribution in [0.4, 0.5) is 0 Å². The second-order valence-electron chi connectivity index (χ2n) is 6.18. The number of hydrogen-bond acceptors (Lipinski definition) is 6. The Morgan fingerprint density at radius 3 is 2.59 bits per heavy atom. The van der Waals surface area contributed by atoms with Crippen LogP contribution in [0, 0.1) is 13.8 Å². The molecule has 0 saturated heterocycles. The summed E-state index contributed by atoms with van der Waals surface area (Å²) in [6.45, 7) is 3.93. The Kier molecular flexibility index (Phi) is 6.02. The molecular weight excluding hydrogens is 402 g/mol. The minimum atomic E-state index is -3.72. The quantitative estimate of drug-likeness (QED) is 0.602. The molecule has 0 aliphatic carbocycles. The van der Waals surface area contributed by atoms with Gasteiger partial charge in [0, 0.05) is 16.3 Å². The molecule has 2 N–H and O–H groups in total. The molecule has 0 radical (unpaired) electrons. The fourth-order valence-electron chi connectivity index (χ4n) is 2.61. The van der Waals surface area contributed by atoms with E-state index in [4.69, 9.17) is 4.74 Å². The highest BCUT2D eigenvalue weighted by molar-refractivity contribution is 7.89. The number of nitrogens with one attached hydrogen (secondary N) is 1. The Balaban J connectivity index is 1.76. The van der Waals surface area contributed by atoms with Crippen LogP contribution in [0.1, 0.15) is 32.5 Å². The molecule has 2 aromatic heterocycles. The van der Waals surface area contributed by atoms with Crippen molar-refractivity contribution in [3.05, 3.63) is 67.5 Å². The first-order valence-electron chi connectivity index (χ1n) is 8.25. The molecular formula is C19H21NO4S3. The van der Waals surface area contributed by atoms with Crippen molar-refractivity contribution in [2.45, 2.75) is 31.4 Å². The van der Waals surface area contributed by atoms with E-state index in [9.17, 15) is 13.5 Å². The number of hydrogen-bond donors (Lipinski definition) is 2. The lowest BCUT2D eigenvalue weighted by Gasteiger charge is -2.13. The Morgan fingerprint density at radius 1 is 1.19 bits per heavy atom. The highest BCUT2D eigenvalue weighted by Crippen LogP contribution is 2.31. The average Bonchev–Trinajstić information content (AvgIpc) is 3.33. The van der Waals surface area contributed by atoms with Gasteiger partial charge in [0.15, 0.2) is 0 Å². The summed E-state index contributed by atoms with van der Waals surface area (Å²) in [4.78, 5) is 1.74. The van der Waals surface area contributed by atoms with E-state index in [1.54, 1.807) is 12.1 Å². The molecule has 3 rings (SSSR count). The van der Waals surface area contributed by atoms with Crippen molar-refractivity contribution in [3.63, 3.8) is 0 Å². The first kappa shape index (κ1) is 20.0. The molecule has 1 aromatic carbocycles. The van der Waals surface area contributed by atoms with Crippen LogP contribution in [-0.4, -0.2) is 20.6 Å². The summed E-state index contributed by atoms with van der Waals surface area (Å²) in [5, 5.41) is 14.2. The predicted molar refractivity (Wildman–Crippen MR) is 109 cm³/mol. The molecule has 1 unspecified atom stereocenters. The number of benzene rings is 1. The lowest BCUT2D eigenvalue weighted by atomic mass is 10.1. The topological polar surface area (TPSA) is 75.6 Å². The third kappa shape index (κ3) is 4.41. The van der Waals surface area contributed by atoms with Crippen LogP contribution in [0.3, 0.4) is 0 Å². The molecule has 0 aliphatic rings. The maximum Gasteiger partial charge on any atom is 0.244 e. The summed E-state index contributed by atoms with van der Waals surface area (Å²) < 4.78 is 33.4. The third-order valence-corrected chi connectivity index (χ3v) is 7.58. The van der Waals surface area contributed by atoms with Crippen molar-refractivity contribution >= 4 is 32.7 Å². The molecule has 27 heavy (non-hydrogen) atoms. The van der Waals surface area contributed by atoms with Gasteiger partial charge in [0.05, 0.1) is 7.11 Å². The van der Waals surface area contributed by atoms with Crippen molar-refractivity contribution in [3.8, 4) is 5.75 Å². The number of aliphatic hydroxyl groups is 1. The number of aryl methyl sites for hydroxylation is 2. The lowest BCUT2D eigenvalue weighted by Crippen LogP contribution is -2.23. The van der Waals surface area contributed by atoms with Gasteiger partial charge in [0.2, 0.25) is 10.0 Å². The summed E-state index contributed by atoms with van der Waals surface area (Å²) in [7, 11) is -2.27. The number of rotatable bonds is 7. The fourth-order valence-corrected chi connectivity index (χ4v) is 5.59. The smallest absolute Gasteiger partial charge is 0.244 e. The van der Waals surface area contributed by atoms with Crippen molar-refractivity contribution in [2.24, 2.45) is 0 Å². The van der Waals surface area contributed by atoms with E-state index in [0.717, 1.165) is 26.4 Å². The Labute approximate surface area is 167 Å². The molecule has 0 saturated carbocycles. The lowest BCUT2D eigenvalue weighted by molar-refractivity contribution is 0.224. The van der Waals surface area contributed by atoms with Crippen molar-refractivity contribution in [2.75, 3.05) is 7.11 Å². The van der Waals surface area contributed by atoms with Crippen molar-refractivity contribution < 1.29 is 18.3 Å². The van der Waals surface area contributed by atoms with Crippen molar-refractivity contribution in [1.82, 2.24) is 4.72 Å². The van der Waals surface area contributed by atoms with Crippen LogP contribution in [0.5, 0.6) is 5.75 Å². The van der Waals surface area contributed by atoms with Gasteiger partial charge in [-0.1, -0.05) is 0 Å².